The van der Waals surface area contributed by atoms with Crippen molar-refractivity contribution >= 4 is 15.8 Å². The Bertz CT molecular complexity index is 750. The third-order valence-corrected chi connectivity index (χ3v) is 3.48. The fraction of sp³-hybridized carbons (Fsp3) is 0.0833. The van der Waals surface area contributed by atoms with Crippen molar-refractivity contribution in [3.8, 4) is 11.8 Å². The first-order chi connectivity index (χ1) is 9.62. The Balaban J connectivity index is 2.30. The van der Waals surface area contributed by atoms with Gasteiger partial charge in [0.25, 0.3) is 10.0 Å². The first-order valence-electron chi connectivity index (χ1n) is 5.54. The fourth-order valence-electron chi connectivity index (χ4n) is 1.34. The van der Waals surface area contributed by atoms with Crippen LogP contribution in [0.4, 0.5) is 5.82 Å². The molecule has 2 rings (SSSR count). The van der Waals surface area contributed by atoms with Crippen LogP contribution in [0.2, 0.25) is 0 Å². The second kappa shape index (κ2) is 6.10. The molecule has 0 aliphatic rings. The molecule has 2 aromatic rings. The molecule has 0 atom stereocenters. The molecule has 0 aliphatic carbocycles. The highest BCUT2D eigenvalue weighted by molar-refractivity contribution is 7.92. The van der Waals surface area contributed by atoms with Gasteiger partial charge in [-0.3, -0.25) is 14.7 Å². The van der Waals surface area contributed by atoms with Crippen LogP contribution in [0.15, 0.2) is 41.9 Å². The van der Waals surface area contributed by atoms with E-state index in [0.29, 0.717) is 5.56 Å². The molecule has 2 heterocycles. The van der Waals surface area contributed by atoms with Gasteiger partial charge in [-0.15, -0.1) is 0 Å². The van der Waals surface area contributed by atoms with Crippen LogP contribution in [0.5, 0.6) is 0 Å². The minimum Gasteiger partial charge on any atom is -0.320 e. The third-order valence-electron chi connectivity index (χ3n) is 2.16. The summed E-state index contributed by atoms with van der Waals surface area (Å²) in [6, 6.07) is 1.41. The molecule has 0 aromatic carbocycles. The first-order valence-corrected chi connectivity index (χ1v) is 7.03. The second-order valence-electron chi connectivity index (χ2n) is 3.61. The van der Waals surface area contributed by atoms with E-state index in [2.05, 4.69) is 31.5 Å². The summed E-state index contributed by atoms with van der Waals surface area (Å²) in [5, 5.41) is 0. The van der Waals surface area contributed by atoms with E-state index in [4.69, 9.17) is 5.73 Å². The molecule has 0 fully saturated rings. The number of nitrogens with two attached hydrogens (primary N) is 1. The average Bonchev–Trinajstić information content (AvgIpc) is 2.46. The van der Waals surface area contributed by atoms with E-state index < -0.39 is 10.0 Å². The van der Waals surface area contributed by atoms with Gasteiger partial charge in [-0.2, -0.15) is 0 Å². The zero-order valence-corrected chi connectivity index (χ0v) is 11.1. The van der Waals surface area contributed by atoms with E-state index in [1.165, 1.54) is 37.1 Å². The number of nitrogens with one attached hydrogen (secondary N) is 1. The number of hydrogen-bond donors (Lipinski definition) is 2. The maximum atomic E-state index is 12.1. The van der Waals surface area contributed by atoms with Crippen LogP contribution in [0.3, 0.4) is 0 Å². The molecule has 0 radical (unpaired) electrons. The lowest BCUT2D eigenvalue weighted by Gasteiger charge is -2.06. The molecule has 0 saturated carbocycles. The Kier molecular flexibility index (Phi) is 4.24. The number of rotatable bonds is 3. The normalized spacial score (nSPS) is 10.4. The van der Waals surface area contributed by atoms with Gasteiger partial charge in [-0.1, -0.05) is 11.8 Å². The lowest BCUT2D eigenvalue weighted by atomic mass is 10.3. The number of nitrogens with zero attached hydrogens (tertiary/aromatic N) is 3. The van der Waals surface area contributed by atoms with E-state index in [9.17, 15) is 8.42 Å². The summed E-state index contributed by atoms with van der Waals surface area (Å²) in [5.74, 6) is 5.49. The molecule has 0 spiro atoms. The Morgan fingerprint density at radius 2 is 2.05 bits per heavy atom. The monoisotopic (exact) mass is 289 g/mol. The molecule has 102 valence electrons. The van der Waals surface area contributed by atoms with Crippen LogP contribution in [0.25, 0.3) is 0 Å². The molecular formula is C12H11N5O2S. The van der Waals surface area contributed by atoms with E-state index in [0.717, 1.165) is 0 Å². The lowest BCUT2D eigenvalue weighted by molar-refractivity contribution is 0.600. The van der Waals surface area contributed by atoms with E-state index >= 15 is 0 Å². The van der Waals surface area contributed by atoms with Crippen molar-refractivity contribution in [3.05, 3.63) is 42.6 Å². The Hall–Kier alpha value is -2.50. The predicted octanol–water partition coefficient (Wildman–Crippen LogP) is -0.0174. The molecule has 0 amide bonds. The van der Waals surface area contributed by atoms with Gasteiger partial charge in [0.1, 0.15) is 4.90 Å². The van der Waals surface area contributed by atoms with Crippen LogP contribution in [-0.2, 0) is 10.0 Å². The van der Waals surface area contributed by atoms with Crippen molar-refractivity contribution < 1.29 is 8.42 Å². The summed E-state index contributed by atoms with van der Waals surface area (Å²) in [6.07, 6.45) is 6.83. The van der Waals surface area contributed by atoms with E-state index in [1.54, 1.807) is 0 Å². The Morgan fingerprint density at radius 1 is 1.20 bits per heavy atom. The molecule has 20 heavy (non-hydrogen) atoms. The van der Waals surface area contributed by atoms with Gasteiger partial charge < -0.3 is 5.73 Å². The van der Waals surface area contributed by atoms with Gasteiger partial charge in [0, 0.05) is 30.4 Å². The lowest BCUT2D eigenvalue weighted by Crippen LogP contribution is -2.14. The molecule has 0 bridgehead atoms. The minimum atomic E-state index is -3.77. The molecule has 7 nitrogen and oxygen atoms in total. The Morgan fingerprint density at radius 3 is 2.75 bits per heavy atom. The van der Waals surface area contributed by atoms with Crippen LogP contribution in [-0.4, -0.2) is 29.9 Å². The Labute approximate surface area is 116 Å². The van der Waals surface area contributed by atoms with E-state index in [1.807, 2.05) is 0 Å². The summed E-state index contributed by atoms with van der Waals surface area (Å²) in [6.45, 7) is 0.189. The second-order valence-corrected chi connectivity index (χ2v) is 5.29. The molecule has 0 saturated heterocycles. The van der Waals surface area contributed by atoms with Crippen LogP contribution < -0.4 is 10.5 Å². The van der Waals surface area contributed by atoms with Gasteiger partial charge in [0.15, 0.2) is 5.82 Å². The summed E-state index contributed by atoms with van der Waals surface area (Å²) in [5.41, 5.74) is 5.73. The van der Waals surface area contributed by atoms with Crippen molar-refractivity contribution in [3.63, 3.8) is 0 Å². The van der Waals surface area contributed by atoms with Crippen molar-refractivity contribution in [2.24, 2.45) is 5.73 Å². The number of anilines is 1. The number of aromatic nitrogens is 3. The van der Waals surface area contributed by atoms with Crippen molar-refractivity contribution in [2.45, 2.75) is 4.90 Å². The topological polar surface area (TPSA) is 111 Å². The molecule has 2 aromatic heterocycles. The maximum absolute atomic E-state index is 12.1. The number of pyridine rings is 1. The minimum absolute atomic E-state index is 0.00743. The average molecular weight is 289 g/mol. The highest BCUT2D eigenvalue weighted by atomic mass is 32.2. The highest BCUT2D eigenvalue weighted by Crippen LogP contribution is 2.13. The standard InChI is InChI=1S/C12H11N5O2S/c13-3-1-2-10-6-11(8-15-7-10)20(18,19)17-12-9-14-4-5-16-12/h4-9H,3,13H2,(H,16,17). The van der Waals surface area contributed by atoms with Crippen molar-refractivity contribution in [1.82, 2.24) is 15.0 Å². The SMILES string of the molecule is NCC#Cc1cncc(S(=O)(=O)Nc2cnccn2)c1. The molecule has 0 unspecified atom stereocenters. The summed E-state index contributed by atoms with van der Waals surface area (Å²) in [7, 11) is -3.77. The summed E-state index contributed by atoms with van der Waals surface area (Å²) >= 11 is 0. The molecule has 0 aliphatic heterocycles. The third kappa shape index (κ3) is 3.50. The van der Waals surface area contributed by atoms with Gasteiger partial charge in [-0.05, 0) is 6.07 Å². The maximum Gasteiger partial charge on any atom is 0.264 e. The smallest absolute Gasteiger partial charge is 0.264 e. The van der Waals surface area contributed by atoms with E-state index in [-0.39, 0.29) is 17.3 Å². The zero-order valence-electron chi connectivity index (χ0n) is 10.3. The summed E-state index contributed by atoms with van der Waals surface area (Å²) in [4.78, 5) is 11.5. The predicted molar refractivity (Wildman–Crippen MR) is 73.0 cm³/mol. The molecule has 8 heteroatoms. The van der Waals surface area contributed by atoms with Crippen LogP contribution in [0, 0.1) is 11.8 Å². The van der Waals surface area contributed by atoms with Gasteiger partial charge in [0.05, 0.1) is 12.7 Å². The summed E-state index contributed by atoms with van der Waals surface area (Å²) < 4.78 is 26.6. The van der Waals surface area contributed by atoms with Gasteiger partial charge in [-0.25, -0.2) is 13.4 Å². The van der Waals surface area contributed by atoms with Crippen LogP contribution in [0.1, 0.15) is 5.56 Å². The fourth-order valence-corrected chi connectivity index (χ4v) is 2.32. The quantitative estimate of drug-likeness (QED) is 0.768. The number of sulfonamides is 1. The van der Waals surface area contributed by atoms with Crippen molar-refractivity contribution in [1.29, 1.82) is 0 Å². The molecule has 3 N–H and O–H groups in total. The highest BCUT2D eigenvalue weighted by Gasteiger charge is 2.15. The van der Waals surface area contributed by atoms with Crippen LogP contribution >= 0.6 is 0 Å². The van der Waals surface area contributed by atoms with Crippen molar-refractivity contribution in [2.75, 3.05) is 11.3 Å². The number of hydrogen-bond acceptors (Lipinski definition) is 6. The van der Waals surface area contributed by atoms with Gasteiger partial charge in [0.2, 0.25) is 0 Å². The zero-order chi connectivity index (χ0) is 14.4. The first kappa shape index (κ1) is 13.9. The molecular weight excluding hydrogens is 278 g/mol. The largest absolute Gasteiger partial charge is 0.320 e. The van der Waals surface area contributed by atoms with Gasteiger partial charge >= 0.3 is 0 Å².